The topological polar surface area (TPSA) is 109 Å². The van der Waals surface area contributed by atoms with Crippen molar-refractivity contribution in [2.45, 2.75) is 51.0 Å². The van der Waals surface area contributed by atoms with Crippen LogP contribution in [0.1, 0.15) is 44.9 Å². The first-order valence-corrected chi connectivity index (χ1v) is 6.32. The lowest BCUT2D eigenvalue weighted by atomic mass is 9.88. The SMILES string of the molecule is NC(=O)CCC(NC(=O)C1CCCCC1)C(=O)O. The standard InChI is InChI=1S/C12H20N2O4/c13-10(15)7-6-9(12(17)18)14-11(16)8-4-2-1-3-5-8/h8-9H,1-7H2,(H2,13,15)(H,14,16)(H,17,18). The van der Waals surface area contributed by atoms with E-state index in [-0.39, 0.29) is 24.7 Å². The number of carboxylic acid groups (broad SMARTS) is 1. The van der Waals surface area contributed by atoms with Gasteiger partial charge in [-0.2, -0.15) is 0 Å². The number of primary amides is 1. The maximum atomic E-state index is 11.9. The molecule has 0 spiro atoms. The van der Waals surface area contributed by atoms with Crippen molar-refractivity contribution in [3.05, 3.63) is 0 Å². The minimum Gasteiger partial charge on any atom is -0.480 e. The predicted molar refractivity (Wildman–Crippen MR) is 64.6 cm³/mol. The van der Waals surface area contributed by atoms with Gasteiger partial charge >= 0.3 is 5.97 Å². The van der Waals surface area contributed by atoms with Gasteiger partial charge in [0.2, 0.25) is 11.8 Å². The Bertz CT molecular complexity index is 324. The molecule has 2 amide bonds. The molecule has 1 rings (SSSR count). The van der Waals surface area contributed by atoms with Crippen molar-refractivity contribution < 1.29 is 19.5 Å². The van der Waals surface area contributed by atoms with Crippen molar-refractivity contribution in [1.29, 1.82) is 0 Å². The molecule has 6 nitrogen and oxygen atoms in total. The highest BCUT2D eigenvalue weighted by Gasteiger charge is 2.26. The molecule has 0 aromatic rings. The molecule has 4 N–H and O–H groups in total. The van der Waals surface area contributed by atoms with Gasteiger partial charge < -0.3 is 16.2 Å². The summed E-state index contributed by atoms with van der Waals surface area (Å²) in [7, 11) is 0. The molecule has 0 bridgehead atoms. The maximum absolute atomic E-state index is 11.9. The molecule has 1 atom stereocenters. The lowest BCUT2D eigenvalue weighted by Gasteiger charge is -2.23. The second-order valence-electron chi connectivity index (χ2n) is 4.74. The summed E-state index contributed by atoms with van der Waals surface area (Å²) >= 11 is 0. The van der Waals surface area contributed by atoms with Gasteiger partial charge in [-0.3, -0.25) is 9.59 Å². The summed E-state index contributed by atoms with van der Waals surface area (Å²) in [6.07, 6.45) is 4.79. The van der Waals surface area contributed by atoms with Crippen LogP contribution in [-0.2, 0) is 14.4 Å². The summed E-state index contributed by atoms with van der Waals surface area (Å²) < 4.78 is 0. The maximum Gasteiger partial charge on any atom is 0.326 e. The van der Waals surface area contributed by atoms with Gasteiger partial charge in [-0.25, -0.2) is 4.79 Å². The fourth-order valence-electron chi connectivity index (χ4n) is 2.20. The first-order chi connectivity index (χ1) is 8.50. The summed E-state index contributed by atoms with van der Waals surface area (Å²) in [6, 6.07) is -1.02. The zero-order valence-corrected chi connectivity index (χ0v) is 10.4. The second-order valence-corrected chi connectivity index (χ2v) is 4.74. The Kier molecular flexibility index (Phi) is 5.61. The van der Waals surface area contributed by atoms with Crippen LogP contribution in [0.4, 0.5) is 0 Å². The van der Waals surface area contributed by atoms with Crippen molar-refractivity contribution in [2.75, 3.05) is 0 Å². The number of amides is 2. The van der Waals surface area contributed by atoms with Crippen molar-refractivity contribution in [2.24, 2.45) is 11.7 Å². The molecule has 1 aliphatic carbocycles. The zero-order chi connectivity index (χ0) is 13.5. The van der Waals surface area contributed by atoms with E-state index < -0.39 is 17.9 Å². The van der Waals surface area contributed by atoms with Crippen molar-refractivity contribution >= 4 is 17.8 Å². The number of hydrogen-bond donors (Lipinski definition) is 3. The Morgan fingerprint density at radius 3 is 2.33 bits per heavy atom. The second kappa shape index (κ2) is 6.98. The van der Waals surface area contributed by atoms with E-state index in [9.17, 15) is 14.4 Å². The molecule has 0 aromatic heterocycles. The van der Waals surface area contributed by atoms with Gasteiger partial charge in [0.05, 0.1) is 0 Å². The van der Waals surface area contributed by atoms with Crippen LogP contribution in [-0.4, -0.2) is 28.9 Å². The van der Waals surface area contributed by atoms with Crippen molar-refractivity contribution in [3.63, 3.8) is 0 Å². The fourth-order valence-corrected chi connectivity index (χ4v) is 2.20. The number of rotatable bonds is 6. The number of nitrogens with two attached hydrogens (primary N) is 1. The third kappa shape index (κ3) is 4.73. The molecule has 1 aliphatic rings. The highest BCUT2D eigenvalue weighted by atomic mass is 16.4. The molecular formula is C12H20N2O4. The molecule has 0 radical (unpaired) electrons. The van der Waals surface area contributed by atoms with E-state index in [1.165, 1.54) is 0 Å². The van der Waals surface area contributed by atoms with Gasteiger partial charge in [-0.15, -0.1) is 0 Å². The van der Waals surface area contributed by atoms with Crippen LogP contribution in [0.2, 0.25) is 0 Å². The molecule has 102 valence electrons. The molecule has 0 saturated heterocycles. The Morgan fingerprint density at radius 2 is 1.83 bits per heavy atom. The molecule has 1 fully saturated rings. The van der Waals surface area contributed by atoms with Gasteiger partial charge in [-0.1, -0.05) is 19.3 Å². The predicted octanol–water partition coefficient (Wildman–Crippen LogP) is 0.402. The average molecular weight is 256 g/mol. The van der Waals surface area contributed by atoms with Crippen LogP contribution >= 0.6 is 0 Å². The molecule has 0 heterocycles. The van der Waals surface area contributed by atoms with Gasteiger partial charge in [0.25, 0.3) is 0 Å². The molecule has 6 heteroatoms. The van der Waals surface area contributed by atoms with Gasteiger partial charge in [-0.05, 0) is 19.3 Å². The molecule has 0 aromatic carbocycles. The Labute approximate surface area is 106 Å². The summed E-state index contributed by atoms with van der Waals surface area (Å²) in [4.78, 5) is 33.5. The van der Waals surface area contributed by atoms with Gasteiger partial charge in [0.1, 0.15) is 6.04 Å². The molecule has 1 saturated carbocycles. The van der Waals surface area contributed by atoms with E-state index in [1.54, 1.807) is 0 Å². The molecule has 0 aliphatic heterocycles. The number of carbonyl (C=O) groups is 3. The van der Waals surface area contributed by atoms with Gasteiger partial charge in [0.15, 0.2) is 0 Å². The largest absolute Gasteiger partial charge is 0.480 e. The van der Waals surface area contributed by atoms with Crippen LogP contribution in [0.15, 0.2) is 0 Å². The molecule has 1 unspecified atom stereocenters. The smallest absolute Gasteiger partial charge is 0.326 e. The normalized spacial score (nSPS) is 18.0. The first-order valence-electron chi connectivity index (χ1n) is 6.32. The Hall–Kier alpha value is -1.59. The third-order valence-electron chi connectivity index (χ3n) is 3.27. The third-order valence-corrected chi connectivity index (χ3v) is 3.27. The van der Waals surface area contributed by atoms with Crippen LogP contribution in [0, 0.1) is 5.92 Å². The first kappa shape index (κ1) is 14.5. The average Bonchev–Trinajstić information content (AvgIpc) is 2.34. The van der Waals surface area contributed by atoms with Crippen LogP contribution in [0.25, 0.3) is 0 Å². The number of aliphatic carboxylic acids is 1. The lowest BCUT2D eigenvalue weighted by Crippen LogP contribution is -2.44. The minimum absolute atomic E-state index is 0.0398. The monoisotopic (exact) mass is 256 g/mol. The van der Waals surface area contributed by atoms with E-state index in [4.69, 9.17) is 10.8 Å². The zero-order valence-electron chi connectivity index (χ0n) is 10.4. The van der Waals surface area contributed by atoms with Crippen molar-refractivity contribution in [1.82, 2.24) is 5.32 Å². The van der Waals surface area contributed by atoms with E-state index in [0.717, 1.165) is 32.1 Å². The van der Waals surface area contributed by atoms with Gasteiger partial charge in [0, 0.05) is 12.3 Å². The lowest BCUT2D eigenvalue weighted by molar-refractivity contribution is -0.143. The van der Waals surface area contributed by atoms with E-state index in [0.29, 0.717) is 0 Å². The summed E-state index contributed by atoms with van der Waals surface area (Å²) in [5, 5.41) is 11.5. The summed E-state index contributed by atoms with van der Waals surface area (Å²) in [6.45, 7) is 0. The highest BCUT2D eigenvalue weighted by Crippen LogP contribution is 2.23. The Morgan fingerprint density at radius 1 is 1.22 bits per heavy atom. The van der Waals surface area contributed by atoms with E-state index >= 15 is 0 Å². The molecular weight excluding hydrogens is 236 g/mol. The quantitative estimate of drug-likeness (QED) is 0.639. The van der Waals surface area contributed by atoms with E-state index in [2.05, 4.69) is 5.32 Å². The van der Waals surface area contributed by atoms with Crippen LogP contribution in [0.3, 0.4) is 0 Å². The minimum atomic E-state index is -1.12. The summed E-state index contributed by atoms with van der Waals surface area (Å²) in [5.74, 6) is -1.99. The van der Waals surface area contributed by atoms with E-state index in [1.807, 2.05) is 0 Å². The highest BCUT2D eigenvalue weighted by molar-refractivity contribution is 5.85. The van der Waals surface area contributed by atoms with Crippen LogP contribution in [0.5, 0.6) is 0 Å². The fraction of sp³-hybridized carbons (Fsp3) is 0.750. The van der Waals surface area contributed by atoms with Crippen LogP contribution < -0.4 is 11.1 Å². The number of nitrogens with one attached hydrogen (secondary N) is 1. The molecule has 18 heavy (non-hydrogen) atoms. The number of carboxylic acids is 1. The summed E-state index contributed by atoms with van der Waals surface area (Å²) in [5.41, 5.74) is 4.97. The Balaban J connectivity index is 2.46. The number of carbonyl (C=O) groups excluding carboxylic acids is 2. The van der Waals surface area contributed by atoms with Crippen molar-refractivity contribution in [3.8, 4) is 0 Å². The number of hydrogen-bond acceptors (Lipinski definition) is 3.